The zero-order chi connectivity index (χ0) is 14.9. The predicted octanol–water partition coefficient (Wildman–Crippen LogP) is 3.53. The average molecular weight is 397 g/mol. The fraction of sp³-hybridized carbons (Fsp3) is 0. The molecule has 0 saturated heterocycles. The molecule has 0 fully saturated rings. The standard InChI is InChI=1S/C11H8BrCl2N3O2S/c12-10-7(15)4-6(13)5-9(10)20(18,19)17-8-2-1-3-16-11(8)14/h1-5,17H,15H2. The summed E-state index contributed by atoms with van der Waals surface area (Å²) in [5, 5.41) is 0.255. The molecule has 5 nitrogen and oxygen atoms in total. The third-order valence-electron chi connectivity index (χ3n) is 2.33. The van der Waals surface area contributed by atoms with Crippen molar-refractivity contribution in [3.05, 3.63) is 45.1 Å². The zero-order valence-electron chi connectivity index (χ0n) is 9.77. The third-order valence-corrected chi connectivity index (χ3v) is 5.38. The second kappa shape index (κ2) is 5.77. The van der Waals surface area contributed by atoms with Crippen LogP contribution in [0, 0.1) is 0 Å². The first-order chi connectivity index (χ1) is 9.31. The largest absolute Gasteiger partial charge is 0.398 e. The minimum atomic E-state index is -3.90. The molecule has 2 aromatic rings. The molecule has 0 radical (unpaired) electrons. The van der Waals surface area contributed by atoms with Gasteiger partial charge in [0.1, 0.15) is 4.90 Å². The molecule has 0 amide bonds. The third kappa shape index (κ3) is 3.17. The molecule has 20 heavy (non-hydrogen) atoms. The smallest absolute Gasteiger partial charge is 0.263 e. The van der Waals surface area contributed by atoms with Crippen molar-refractivity contribution in [1.29, 1.82) is 0 Å². The van der Waals surface area contributed by atoms with E-state index in [2.05, 4.69) is 25.6 Å². The summed E-state index contributed by atoms with van der Waals surface area (Å²) in [7, 11) is -3.90. The van der Waals surface area contributed by atoms with E-state index in [-0.39, 0.29) is 30.9 Å². The molecule has 2 rings (SSSR count). The molecule has 0 saturated carbocycles. The van der Waals surface area contributed by atoms with Crippen LogP contribution in [-0.2, 0) is 10.0 Å². The van der Waals surface area contributed by atoms with Gasteiger partial charge in [0.15, 0.2) is 5.15 Å². The Hall–Kier alpha value is -1.02. The number of hydrogen-bond acceptors (Lipinski definition) is 4. The number of sulfonamides is 1. The molecule has 1 aromatic heterocycles. The molecule has 0 atom stereocenters. The van der Waals surface area contributed by atoms with Crippen molar-refractivity contribution in [1.82, 2.24) is 4.98 Å². The summed E-state index contributed by atoms with van der Waals surface area (Å²) >= 11 is 14.8. The van der Waals surface area contributed by atoms with Crippen LogP contribution in [0.4, 0.5) is 11.4 Å². The zero-order valence-corrected chi connectivity index (χ0v) is 13.7. The first-order valence-electron chi connectivity index (χ1n) is 5.19. The lowest BCUT2D eigenvalue weighted by Gasteiger charge is -2.12. The second-order valence-corrected chi connectivity index (χ2v) is 6.99. The summed E-state index contributed by atoms with van der Waals surface area (Å²) in [6.45, 7) is 0. The van der Waals surface area contributed by atoms with Crippen molar-refractivity contribution in [3.8, 4) is 0 Å². The van der Waals surface area contributed by atoms with E-state index in [1.807, 2.05) is 0 Å². The Morgan fingerprint density at radius 3 is 2.65 bits per heavy atom. The highest BCUT2D eigenvalue weighted by molar-refractivity contribution is 9.10. The molecule has 9 heteroatoms. The Labute approximate surface area is 134 Å². The molecule has 0 aliphatic carbocycles. The Morgan fingerprint density at radius 2 is 2.00 bits per heavy atom. The van der Waals surface area contributed by atoms with Gasteiger partial charge in [0.25, 0.3) is 10.0 Å². The summed E-state index contributed by atoms with van der Waals surface area (Å²) in [5.74, 6) is 0. The summed E-state index contributed by atoms with van der Waals surface area (Å²) in [6.07, 6.45) is 1.45. The SMILES string of the molecule is Nc1cc(Cl)cc(S(=O)(=O)Nc2cccnc2Cl)c1Br. The van der Waals surface area contributed by atoms with Gasteiger partial charge >= 0.3 is 0 Å². The molecular formula is C11H8BrCl2N3O2S. The van der Waals surface area contributed by atoms with Gasteiger partial charge in [-0.05, 0) is 40.2 Å². The van der Waals surface area contributed by atoms with Crippen LogP contribution in [0.25, 0.3) is 0 Å². The quantitative estimate of drug-likeness (QED) is 0.613. The minimum absolute atomic E-state index is 0.0437. The van der Waals surface area contributed by atoms with Gasteiger partial charge in [-0.15, -0.1) is 0 Å². The Bertz CT molecular complexity index is 768. The lowest BCUT2D eigenvalue weighted by Crippen LogP contribution is -2.14. The highest BCUT2D eigenvalue weighted by Gasteiger charge is 2.21. The first-order valence-corrected chi connectivity index (χ1v) is 8.22. The second-order valence-electron chi connectivity index (χ2n) is 3.75. The summed E-state index contributed by atoms with van der Waals surface area (Å²) < 4.78 is 27.2. The molecule has 0 aliphatic rings. The molecule has 0 unspecified atom stereocenters. The van der Waals surface area contributed by atoms with E-state index in [9.17, 15) is 8.42 Å². The number of nitrogens with two attached hydrogens (primary N) is 1. The maximum atomic E-state index is 12.3. The molecule has 3 N–H and O–H groups in total. The van der Waals surface area contributed by atoms with E-state index in [1.54, 1.807) is 6.07 Å². The minimum Gasteiger partial charge on any atom is -0.398 e. The van der Waals surface area contributed by atoms with Crippen molar-refractivity contribution in [2.75, 3.05) is 10.5 Å². The van der Waals surface area contributed by atoms with Gasteiger partial charge < -0.3 is 5.73 Å². The molecule has 1 aromatic carbocycles. The number of nitrogens with zero attached hydrogens (tertiary/aromatic N) is 1. The van der Waals surface area contributed by atoms with Gasteiger partial charge in [-0.2, -0.15) is 0 Å². The van der Waals surface area contributed by atoms with Gasteiger partial charge in [-0.1, -0.05) is 23.2 Å². The number of hydrogen-bond donors (Lipinski definition) is 2. The molecule has 1 heterocycles. The number of anilines is 2. The lowest BCUT2D eigenvalue weighted by molar-refractivity contribution is 0.601. The van der Waals surface area contributed by atoms with E-state index in [1.165, 1.54) is 24.4 Å². The van der Waals surface area contributed by atoms with Crippen molar-refractivity contribution >= 4 is 60.5 Å². The van der Waals surface area contributed by atoms with Gasteiger partial charge in [0.2, 0.25) is 0 Å². The number of pyridine rings is 1. The monoisotopic (exact) mass is 395 g/mol. The van der Waals surface area contributed by atoms with Gasteiger partial charge in [-0.25, -0.2) is 13.4 Å². The van der Waals surface area contributed by atoms with Crippen molar-refractivity contribution in [2.24, 2.45) is 0 Å². The van der Waals surface area contributed by atoms with Crippen LogP contribution in [0.5, 0.6) is 0 Å². The molecule has 106 valence electrons. The van der Waals surface area contributed by atoms with Gasteiger partial charge in [0.05, 0.1) is 10.2 Å². The summed E-state index contributed by atoms with van der Waals surface area (Å²) in [6, 6.07) is 5.79. The normalized spacial score (nSPS) is 11.3. The van der Waals surface area contributed by atoms with Crippen LogP contribution in [0.15, 0.2) is 39.8 Å². The number of rotatable bonds is 3. The van der Waals surface area contributed by atoms with Crippen LogP contribution in [0.1, 0.15) is 0 Å². The summed E-state index contributed by atoms with van der Waals surface area (Å²) in [4.78, 5) is 3.71. The lowest BCUT2D eigenvalue weighted by atomic mass is 10.3. The van der Waals surface area contributed by atoms with E-state index >= 15 is 0 Å². The Morgan fingerprint density at radius 1 is 1.30 bits per heavy atom. The van der Waals surface area contributed by atoms with Crippen molar-refractivity contribution < 1.29 is 8.42 Å². The Balaban J connectivity index is 2.49. The fourth-order valence-corrected chi connectivity index (χ4v) is 4.02. The maximum Gasteiger partial charge on any atom is 0.263 e. The number of aromatic nitrogens is 1. The van der Waals surface area contributed by atoms with Crippen LogP contribution in [-0.4, -0.2) is 13.4 Å². The van der Waals surface area contributed by atoms with Crippen molar-refractivity contribution in [2.45, 2.75) is 4.90 Å². The number of halogens is 3. The van der Waals surface area contributed by atoms with E-state index in [0.29, 0.717) is 0 Å². The van der Waals surface area contributed by atoms with Crippen LogP contribution in [0.2, 0.25) is 10.2 Å². The van der Waals surface area contributed by atoms with Crippen LogP contribution >= 0.6 is 39.1 Å². The molecule has 0 aliphatic heterocycles. The van der Waals surface area contributed by atoms with Crippen LogP contribution < -0.4 is 10.5 Å². The van der Waals surface area contributed by atoms with E-state index in [4.69, 9.17) is 28.9 Å². The number of nitrogens with one attached hydrogen (secondary N) is 1. The van der Waals surface area contributed by atoms with Gasteiger partial charge in [0, 0.05) is 16.9 Å². The Kier molecular flexibility index (Phi) is 4.43. The number of benzene rings is 1. The van der Waals surface area contributed by atoms with Crippen LogP contribution in [0.3, 0.4) is 0 Å². The molecule has 0 spiro atoms. The topological polar surface area (TPSA) is 85.1 Å². The van der Waals surface area contributed by atoms with E-state index in [0.717, 1.165) is 0 Å². The first kappa shape index (κ1) is 15.4. The highest BCUT2D eigenvalue weighted by Crippen LogP contribution is 2.33. The number of nitrogen functional groups attached to an aromatic ring is 1. The maximum absolute atomic E-state index is 12.3. The predicted molar refractivity (Wildman–Crippen MR) is 83.6 cm³/mol. The average Bonchev–Trinajstić information content (AvgIpc) is 2.36. The summed E-state index contributed by atoms with van der Waals surface area (Å²) in [5.41, 5.74) is 6.06. The van der Waals surface area contributed by atoms with E-state index < -0.39 is 10.0 Å². The van der Waals surface area contributed by atoms with Gasteiger partial charge in [-0.3, -0.25) is 4.72 Å². The molecule has 0 bridgehead atoms. The van der Waals surface area contributed by atoms with Crippen molar-refractivity contribution in [3.63, 3.8) is 0 Å². The highest BCUT2D eigenvalue weighted by atomic mass is 79.9. The molecular weight excluding hydrogens is 389 g/mol. The fourth-order valence-electron chi connectivity index (χ4n) is 1.44.